The lowest BCUT2D eigenvalue weighted by molar-refractivity contribution is 0.358. The monoisotopic (exact) mass is 265 g/mol. The average molecular weight is 265 g/mol. The van der Waals surface area contributed by atoms with Gasteiger partial charge in [-0.3, -0.25) is 0 Å². The van der Waals surface area contributed by atoms with E-state index in [0.717, 1.165) is 31.0 Å². The Hall–Kier alpha value is 0.180. The SMILES string of the molecule is O=S(=O)(N1CCCNCC1)N1CCSCC1. The largest absolute Gasteiger partial charge is 0.315 e. The molecule has 0 aromatic rings. The first-order valence-corrected chi connectivity index (χ1v) is 8.30. The summed E-state index contributed by atoms with van der Waals surface area (Å²) in [5.74, 6) is 1.84. The third kappa shape index (κ3) is 2.89. The zero-order valence-electron chi connectivity index (χ0n) is 9.39. The Balaban J connectivity index is 2.03. The molecule has 0 unspecified atom stereocenters. The van der Waals surface area contributed by atoms with Crippen LogP contribution in [0.25, 0.3) is 0 Å². The van der Waals surface area contributed by atoms with E-state index in [1.807, 2.05) is 11.8 Å². The Morgan fingerprint density at radius 1 is 0.938 bits per heavy atom. The summed E-state index contributed by atoms with van der Waals surface area (Å²) in [6.45, 7) is 4.27. The van der Waals surface area contributed by atoms with Crippen molar-refractivity contribution in [2.45, 2.75) is 6.42 Å². The molecule has 0 aromatic heterocycles. The van der Waals surface area contributed by atoms with Crippen LogP contribution in [-0.2, 0) is 10.2 Å². The zero-order chi connectivity index (χ0) is 11.4. The van der Waals surface area contributed by atoms with Crippen LogP contribution >= 0.6 is 11.8 Å². The summed E-state index contributed by atoms with van der Waals surface area (Å²) in [5, 5.41) is 3.22. The van der Waals surface area contributed by atoms with Gasteiger partial charge in [-0.15, -0.1) is 0 Å². The maximum Gasteiger partial charge on any atom is 0.282 e. The minimum atomic E-state index is -3.20. The third-order valence-corrected chi connectivity index (χ3v) is 5.90. The Bertz CT molecular complexity index is 307. The molecule has 0 aromatic carbocycles. The summed E-state index contributed by atoms with van der Waals surface area (Å²) in [5.41, 5.74) is 0. The van der Waals surface area contributed by atoms with Crippen LogP contribution in [0, 0.1) is 0 Å². The lowest BCUT2D eigenvalue weighted by Crippen LogP contribution is -2.48. The van der Waals surface area contributed by atoms with Crippen LogP contribution < -0.4 is 5.32 Å². The van der Waals surface area contributed by atoms with Crippen molar-refractivity contribution < 1.29 is 8.42 Å². The second-order valence-corrected chi connectivity index (χ2v) is 7.18. The number of thioether (sulfide) groups is 1. The van der Waals surface area contributed by atoms with Gasteiger partial charge in [0.05, 0.1) is 0 Å². The molecule has 0 saturated carbocycles. The zero-order valence-corrected chi connectivity index (χ0v) is 11.0. The Labute approximate surface area is 102 Å². The third-order valence-electron chi connectivity index (χ3n) is 2.92. The van der Waals surface area contributed by atoms with Crippen molar-refractivity contribution in [1.82, 2.24) is 13.9 Å². The topological polar surface area (TPSA) is 52.7 Å². The fourth-order valence-electron chi connectivity index (χ4n) is 1.99. The molecule has 16 heavy (non-hydrogen) atoms. The van der Waals surface area contributed by atoms with E-state index < -0.39 is 10.2 Å². The van der Waals surface area contributed by atoms with E-state index in [0.29, 0.717) is 26.2 Å². The van der Waals surface area contributed by atoms with Crippen molar-refractivity contribution in [1.29, 1.82) is 0 Å². The second kappa shape index (κ2) is 5.68. The first-order valence-electron chi connectivity index (χ1n) is 5.75. The van der Waals surface area contributed by atoms with Gasteiger partial charge in [-0.25, -0.2) is 0 Å². The van der Waals surface area contributed by atoms with E-state index in [9.17, 15) is 8.42 Å². The minimum absolute atomic E-state index is 0.603. The lowest BCUT2D eigenvalue weighted by Gasteiger charge is -2.31. The van der Waals surface area contributed by atoms with Gasteiger partial charge in [-0.1, -0.05) is 0 Å². The van der Waals surface area contributed by atoms with E-state index in [1.54, 1.807) is 8.61 Å². The Kier molecular flexibility index (Phi) is 4.48. The quantitative estimate of drug-likeness (QED) is 0.736. The summed E-state index contributed by atoms with van der Waals surface area (Å²) in [6, 6.07) is 0. The van der Waals surface area contributed by atoms with Gasteiger partial charge in [-0.05, 0) is 13.0 Å². The Morgan fingerprint density at radius 3 is 2.38 bits per heavy atom. The number of hydrogen-bond acceptors (Lipinski definition) is 4. The molecule has 2 aliphatic heterocycles. The molecular weight excluding hydrogens is 246 g/mol. The molecule has 2 rings (SSSR count). The van der Waals surface area contributed by atoms with Crippen LogP contribution in [0.5, 0.6) is 0 Å². The normalized spacial score (nSPS) is 26.5. The van der Waals surface area contributed by atoms with E-state index in [-0.39, 0.29) is 0 Å². The molecule has 2 heterocycles. The van der Waals surface area contributed by atoms with Crippen LogP contribution in [0.1, 0.15) is 6.42 Å². The highest BCUT2D eigenvalue weighted by Gasteiger charge is 2.30. The van der Waals surface area contributed by atoms with Crippen LogP contribution in [-0.4, -0.2) is 67.8 Å². The fourth-order valence-corrected chi connectivity index (χ4v) is 4.78. The van der Waals surface area contributed by atoms with Crippen molar-refractivity contribution in [3.8, 4) is 0 Å². The van der Waals surface area contributed by atoms with Gasteiger partial charge in [-0.2, -0.15) is 28.8 Å². The molecule has 0 spiro atoms. The maximum atomic E-state index is 12.3. The molecule has 2 saturated heterocycles. The molecule has 1 N–H and O–H groups in total. The smallest absolute Gasteiger partial charge is 0.282 e. The Morgan fingerprint density at radius 2 is 1.62 bits per heavy atom. The van der Waals surface area contributed by atoms with Crippen molar-refractivity contribution >= 4 is 22.0 Å². The summed E-state index contributed by atoms with van der Waals surface area (Å²) in [6.07, 6.45) is 0.905. The van der Waals surface area contributed by atoms with Crippen molar-refractivity contribution in [3.05, 3.63) is 0 Å². The van der Waals surface area contributed by atoms with Gasteiger partial charge in [0.2, 0.25) is 0 Å². The van der Waals surface area contributed by atoms with Crippen LogP contribution in [0.15, 0.2) is 0 Å². The molecule has 2 fully saturated rings. The molecular formula is C9H19N3O2S2. The first kappa shape index (κ1) is 12.6. The summed E-state index contributed by atoms with van der Waals surface area (Å²) >= 11 is 1.83. The number of nitrogens with one attached hydrogen (secondary N) is 1. The van der Waals surface area contributed by atoms with Gasteiger partial charge >= 0.3 is 0 Å². The highest BCUT2D eigenvalue weighted by molar-refractivity contribution is 7.99. The molecule has 0 atom stereocenters. The molecule has 0 aliphatic carbocycles. The number of hydrogen-bond donors (Lipinski definition) is 1. The van der Waals surface area contributed by atoms with E-state index in [2.05, 4.69) is 5.32 Å². The van der Waals surface area contributed by atoms with Crippen molar-refractivity contribution in [3.63, 3.8) is 0 Å². The van der Waals surface area contributed by atoms with E-state index >= 15 is 0 Å². The molecule has 94 valence electrons. The first-order chi connectivity index (χ1) is 7.71. The van der Waals surface area contributed by atoms with E-state index in [4.69, 9.17) is 0 Å². The maximum absolute atomic E-state index is 12.3. The summed E-state index contributed by atoms with van der Waals surface area (Å²) < 4.78 is 27.9. The second-order valence-electron chi connectivity index (χ2n) is 4.02. The lowest BCUT2D eigenvalue weighted by atomic mass is 10.4. The highest BCUT2D eigenvalue weighted by atomic mass is 32.2. The molecule has 2 aliphatic rings. The summed E-state index contributed by atoms with van der Waals surface area (Å²) in [4.78, 5) is 0. The van der Waals surface area contributed by atoms with Gasteiger partial charge < -0.3 is 5.32 Å². The molecule has 5 nitrogen and oxygen atoms in total. The van der Waals surface area contributed by atoms with Crippen LogP contribution in [0.2, 0.25) is 0 Å². The number of rotatable bonds is 2. The van der Waals surface area contributed by atoms with Crippen molar-refractivity contribution in [2.75, 3.05) is 50.8 Å². The molecule has 7 heteroatoms. The van der Waals surface area contributed by atoms with Gasteiger partial charge in [0, 0.05) is 44.2 Å². The van der Waals surface area contributed by atoms with Crippen LogP contribution in [0.3, 0.4) is 0 Å². The summed E-state index contributed by atoms with van der Waals surface area (Å²) in [7, 11) is -3.20. The molecule has 0 radical (unpaired) electrons. The van der Waals surface area contributed by atoms with Gasteiger partial charge in [0.25, 0.3) is 10.2 Å². The average Bonchev–Trinajstić information content (AvgIpc) is 2.59. The van der Waals surface area contributed by atoms with E-state index in [1.165, 1.54) is 0 Å². The molecule has 0 amide bonds. The standard InChI is InChI=1S/C9H19N3O2S2/c13-16(14,12-6-8-15-9-7-12)11-4-1-2-10-3-5-11/h10H,1-9H2. The molecule has 0 bridgehead atoms. The van der Waals surface area contributed by atoms with Crippen molar-refractivity contribution in [2.24, 2.45) is 0 Å². The van der Waals surface area contributed by atoms with Crippen LogP contribution in [0.4, 0.5) is 0 Å². The minimum Gasteiger partial charge on any atom is -0.315 e. The predicted octanol–water partition coefficient (Wildman–Crippen LogP) is -0.425. The number of nitrogens with zero attached hydrogens (tertiary/aromatic N) is 2. The predicted molar refractivity (Wildman–Crippen MR) is 66.9 cm³/mol. The fraction of sp³-hybridized carbons (Fsp3) is 1.00. The highest BCUT2D eigenvalue weighted by Crippen LogP contribution is 2.16. The van der Waals surface area contributed by atoms with Gasteiger partial charge in [0.1, 0.15) is 0 Å². The van der Waals surface area contributed by atoms with Gasteiger partial charge in [0.15, 0.2) is 0 Å².